The molecule has 36 heavy (non-hydrogen) atoms. The van der Waals surface area contributed by atoms with Gasteiger partial charge >= 0.3 is 5.97 Å². The Morgan fingerprint density at radius 2 is 1.89 bits per heavy atom. The maximum Gasteiger partial charge on any atom is 0.307 e. The van der Waals surface area contributed by atoms with Crippen LogP contribution < -0.4 is 4.74 Å². The van der Waals surface area contributed by atoms with Gasteiger partial charge in [-0.15, -0.1) is 0 Å². The lowest BCUT2D eigenvalue weighted by Gasteiger charge is -2.30. The Hall–Kier alpha value is -4.06. The van der Waals surface area contributed by atoms with E-state index in [9.17, 15) is 9.90 Å². The van der Waals surface area contributed by atoms with Gasteiger partial charge in [0.1, 0.15) is 31.3 Å². The molecule has 3 rings (SSSR count). The van der Waals surface area contributed by atoms with E-state index in [1.807, 2.05) is 79.7 Å². The monoisotopic (exact) mass is 487 g/mol. The summed E-state index contributed by atoms with van der Waals surface area (Å²) >= 11 is 0. The topological polar surface area (TPSA) is 77.4 Å². The van der Waals surface area contributed by atoms with Crippen LogP contribution in [0.2, 0.25) is 0 Å². The number of hydrogen-bond donors (Lipinski definition) is 1. The van der Waals surface area contributed by atoms with Gasteiger partial charge in [-0.05, 0) is 47.4 Å². The Labute approximate surface area is 212 Å². The maximum absolute atomic E-state index is 11.3. The molecule has 188 valence electrons. The minimum Gasteiger partial charge on any atom is -0.497 e. The number of benzene rings is 2. The molecule has 0 aliphatic heterocycles. The molecule has 1 aliphatic rings. The van der Waals surface area contributed by atoms with Crippen molar-refractivity contribution in [1.82, 2.24) is 0 Å². The molecule has 1 N–H and O–H groups in total. The lowest BCUT2D eigenvalue weighted by molar-refractivity contribution is -0.136. The van der Waals surface area contributed by atoms with Gasteiger partial charge in [-0.25, -0.2) is 0 Å². The van der Waals surface area contributed by atoms with Gasteiger partial charge in [0.25, 0.3) is 0 Å². The summed E-state index contributed by atoms with van der Waals surface area (Å²) in [6.07, 6.45) is 9.54. The van der Waals surface area contributed by atoms with Gasteiger partial charge in [0.2, 0.25) is 0 Å². The molecule has 0 fully saturated rings. The maximum atomic E-state index is 11.3. The fraction of sp³-hybridized carbons (Fsp3) is 0.267. The number of carbonyl (C=O) groups is 1. The van der Waals surface area contributed by atoms with Crippen molar-refractivity contribution >= 4 is 11.7 Å². The van der Waals surface area contributed by atoms with E-state index in [1.54, 1.807) is 19.4 Å². The van der Waals surface area contributed by atoms with Gasteiger partial charge in [-0.1, -0.05) is 68.1 Å². The highest BCUT2D eigenvalue weighted by Gasteiger charge is 2.29. The van der Waals surface area contributed by atoms with E-state index < -0.39 is 11.4 Å². The van der Waals surface area contributed by atoms with Crippen LogP contribution in [0.4, 0.5) is 0 Å². The number of allylic oxidation sites excluding steroid dienone is 3. The molecule has 2 aromatic rings. The first-order chi connectivity index (χ1) is 17.4. The normalized spacial score (nSPS) is 17.8. The van der Waals surface area contributed by atoms with Crippen LogP contribution in [-0.2, 0) is 20.9 Å². The lowest BCUT2D eigenvalue weighted by atomic mass is 9.76. The summed E-state index contributed by atoms with van der Waals surface area (Å²) in [5, 5.41) is 9.30. The van der Waals surface area contributed by atoms with Gasteiger partial charge in [0.05, 0.1) is 18.4 Å². The van der Waals surface area contributed by atoms with Crippen LogP contribution >= 0.6 is 0 Å². The van der Waals surface area contributed by atoms with Crippen molar-refractivity contribution in [1.29, 1.82) is 0 Å². The van der Waals surface area contributed by atoms with E-state index >= 15 is 0 Å². The first-order valence-corrected chi connectivity index (χ1v) is 11.8. The number of rotatable bonds is 13. The molecule has 0 saturated heterocycles. The summed E-state index contributed by atoms with van der Waals surface area (Å²) < 4.78 is 17.3. The van der Waals surface area contributed by atoms with Crippen LogP contribution in [0.1, 0.15) is 30.9 Å². The molecule has 1 atom stereocenters. The molecule has 0 bridgehead atoms. The smallest absolute Gasteiger partial charge is 0.307 e. The van der Waals surface area contributed by atoms with Crippen LogP contribution in [-0.4, -0.2) is 37.0 Å². The standard InChI is InChI=1S/C30H33NO5/c1-4-18-34-21-25(19-29(32)33)30(2)16-14-27(15-17-30)35-20-23-10-12-26(13-11-23)36-22-28(31-3)24-8-6-5-7-9-24/h4-16,21H,1,17-20,22H2,2-3H3,(H,32,33)/b25-21-,31-28?. The molecule has 0 aromatic heterocycles. The van der Waals surface area contributed by atoms with E-state index in [1.165, 1.54) is 0 Å². The van der Waals surface area contributed by atoms with E-state index in [0.29, 0.717) is 31.8 Å². The average Bonchev–Trinajstić information content (AvgIpc) is 2.89. The van der Waals surface area contributed by atoms with E-state index in [2.05, 4.69) is 11.6 Å². The largest absolute Gasteiger partial charge is 0.497 e. The SMILES string of the molecule is C=CCO/C=C(/CC(=O)O)C1(C)C=CC(OCc2ccc(OCC(=NC)c3ccccc3)cc2)=CC1. The van der Waals surface area contributed by atoms with Gasteiger partial charge in [0, 0.05) is 12.5 Å². The van der Waals surface area contributed by atoms with Crippen LogP contribution in [0.5, 0.6) is 5.75 Å². The van der Waals surface area contributed by atoms with Crippen LogP contribution in [0.25, 0.3) is 0 Å². The molecule has 1 aliphatic carbocycles. The Balaban J connectivity index is 1.52. The predicted molar refractivity (Wildman–Crippen MR) is 142 cm³/mol. The molecule has 0 heterocycles. The van der Waals surface area contributed by atoms with E-state index in [0.717, 1.165) is 28.3 Å². The first kappa shape index (κ1) is 26.5. The van der Waals surface area contributed by atoms with Gasteiger partial charge in [-0.2, -0.15) is 0 Å². The molecule has 2 aromatic carbocycles. The van der Waals surface area contributed by atoms with E-state index in [4.69, 9.17) is 14.2 Å². The van der Waals surface area contributed by atoms with Crippen molar-refractivity contribution in [3.8, 4) is 5.75 Å². The van der Waals surface area contributed by atoms with Gasteiger partial charge in [-0.3, -0.25) is 9.79 Å². The first-order valence-electron chi connectivity index (χ1n) is 11.8. The number of hydrogen-bond acceptors (Lipinski definition) is 5. The summed E-state index contributed by atoms with van der Waals surface area (Å²) in [7, 11) is 1.77. The molecular weight excluding hydrogens is 454 g/mol. The third-order valence-corrected chi connectivity index (χ3v) is 5.94. The van der Waals surface area contributed by atoms with Crippen LogP contribution in [0.3, 0.4) is 0 Å². The summed E-state index contributed by atoms with van der Waals surface area (Å²) in [5.74, 6) is 0.621. The fourth-order valence-electron chi connectivity index (χ4n) is 3.73. The average molecular weight is 488 g/mol. The Morgan fingerprint density at radius 3 is 2.50 bits per heavy atom. The second-order valence-electron chi connectivity index (χ2n) is 8.65. The Kier molecular flexibility index (Phi) is 9.69. The van der Waals surface area contributed by atoms with Gasteiger partial charge < -0.3 is 19.3 Å². The minimum atomic E-state index is -0.894. The number of aliphatic imine (C=N–C) groups is 1. The third kappa shape index (κ3) is 7.73. The number of ether oxygens (including phenoxy) is 3. The zero-order valence-corrected chi connectivity index (χ0v) is 20.9. The number of nitrogens with zero attached hydrogens (tertiary/aromatic N) is 1. The highest BCUT2D eigenvalue weighted by atomic mass is 16.5. The lowest BCUT2D eigenvalue weighted by Crippen LogP contribution is -2.21. The molecule has 1 unspecified atom stereocenters. The highest BCUT2D eigenvalue weighted by molar-refractivity contribution is 6.01. The van der Waals surface area contributed by atoms with Crippen molar-refractivity contribution in [2.45, 2.75) is 26.4 Å². The van der Waals surface area contributed by atoms with Crippen molar-refractivity contribution in [2.75, 3.05) is 20.3 Å². The Bertz CT molecular complexity index is 1150. The van der Waals surface area contributed by atoms with Crippen molar-refractivity contribution in [3.63, 3.8) is 0 Å². The second-order valence-corrected chi connectivity index (χ2v) is 8.65. The third-order valence-electron chi connectivity index (χ3n) is 5.94. The number of carboxylic acids is 1. The molecule has 6 nitrogen and oxygen atoms in total. The predicted octanol–water partition coefficient (Wildman–Crippen LogP) is 6.11. The molecule has 0 saturated carbocycles. The van der Waals surface area contributed by atoms with Crippen molar-refractivity contribution < 1.29 is 24.1 Å². The highest BCUT2D eigenvalue weighted by Crippen LogP contribution is 2.39. The Morgan fingerprint density at radius 1 is 1.14 bits per heavy atom. The quantitative estimate of drug-likeness (QED) is 0.160. The van der Waals surface area contributed by atoms with Crippen LogP contribution in [0.15, 0.2) is 108 Å². The molecule has 0 amide bonds. The molecular formula is C30H33NO5. The summed E-state index contributed by atoms with van der Waals surface area (Å²) in [6.45, 7) is 6.75. The van der Waals surface area contributed by atoms with E-state index in [-0.39, 0.29) is 6.42 Å². The zero-order valence-electron chi connectivity index (χ0n) is 20.9. The molecule has 0 radical (unpaired) electrons. The number of carboxylic acid groups (broad SMARTS) is 1. The summed E-state index contributed by atoms with van der Waals surface area (Å²) in [5.41, 5.74) is 3.19. The second kappa shape index (κ2) is 13.1. The minimum absolute atomic E-state index is 0.0899. The molecule has 6 heteroatoms. The fourth-order valence-corrected chi connectivity index (χ4v) is 3.73. The summed E-state index contributed by atoms with van der Waals surface area (Å²) in [4.78, 5) is 15.7. The van der Waals surface area contributed by atoms with Gasteiger partial charge in [0.15, 0.2) is 0 Å². The molecule has 0 spiro atoms. The number of aliphatic carboxylic acids is 1. The zero-order chi connectivity index (χ0) is 25.8. The van der Waals surface area contributed by atoms with Crippen molar-refractivity contribution in [3.05, 3.63) is 114 Å². The van der Waals surface area contributed by atoms with Crippen LogP contribution in [0, 0.1) is 5.41 Å². The summed E-state index contributed by atoms with van der Waals surface area (Å²) in [6, 6.07) is 17.8. The van der Waals surface area contributed by atoms with Crippen molar-refractivity contribution in [2.24, 2.45) is 10.4 Å².